The van der Waals surface area contributed by atoms with Gasteiger partial charge in [0.1, 0.15) is 34.6 Å². The van der Waals surface area contributed by atoms with E-state index in [2.05, 4.69) is 64.3 Å². The fourth-order valence-electron chi connectivity index (χ4n) is 14.5. The Bertz CT molecular complexity index is 8180. The molecule has 18 rings (SSSR count). The molecule has 0 aliphatic rings. The summed E-state index contributed by atoms with van der Waals surface area (Å²) < 4.78 is 190. The molecule has 0 atom stereocenters. The largest absolute Gasteiger partial charge is 0.493 e. The van der Waals surface area contributed by atoms with E-state index in [4.69, 9.17) is 97.7 Å². The van der Waals surface area contributed by atoms with Crippen LogP contribution in [-0.2, 0) is 29.6 Å². The van der Waals surface area contributed by atoms with Crippen LogP contribution < -0.4 is 46.9 Å². The Kier molecular flexibility index (Phi) is 32.2. The van der Waals surface area contributed by atoms with E-state index in [1.165, 1.54) is 108 Å². The summed E-state index contributed by atoms with van der Waals surface area (Å²) in [5.74, 6) is -8.31. The van der Waals surface area contributed by atoms with Gasteiger partial charge in [-0.15, -0.1) is 0 Å². The van der Waals surface area contributed by atoms with Crippen molar-refractivity contribution in [2.24, 2.45) is 0 Å². The van der Waals surface area contributed by atoms with Crippen LogP contribution in [0.4, 0.5) is 57.9 Å². The highest BCUT2D eigenvalue weighted by Crippen LogP contribution is 2.46. The first kappa shape index (κ1) is 103. The minimum Gasteiger partial charge on any atom is -0.493 e. The van der Waals surface area contributed by atoms with Gasteiger partial charge in [-0.2, -0.15) is 0 Å². The summed E-state index contributed by atoms with van der Waals surface area (Å²) in [6.45, 7) is 10.1. The van der Waals surface area contributed by atoms with E-state index >= 15 is 0 Å². The fourth-order valence-corrected chi connectivity index (χ4v) is 18.0. The number of aliphatic carboxylic acids is 1. The second-order valence-corrected chi connectivity index (χ2v) is 36.7. The molecule has 0 fully saturated rings. The number of carboxylic acids is 1. The molecule has 0 saturated carbocycles. The molecule has 0 aliphatic heterocycles. The van der Waals surface area contributed by atoms with Crippen molar-refractivity contribution < 1.29 is 95.7 Å². The number of benzene rings is 10. The number of nitrogens with zero attached hydrogens (tertiary/aromatic N) is 6. The lowest BCUT2D eigenvalue weighted by Crippen LogP contribution is -2.29. The number of methoxy groups -OCH3 is 4. The Morgan fingerprint density at radius 2 is 0.759 bits per heavy atom. The fraction of sp³-hybridized carbons (Fsp3) is 0.0600. The van der Waals surface area contributed by atoms with E-state index in [1.807, 2.05) is 32.0 Å². The third-order valence-electron chi connectivity index (χ3n) is 21.3. The van der Waals surface area contributed by atoms with Gasteiger partial charge in [-0.05, 0) is 179 Å². The van der Waals surface area contributed by atoms with Crippen molar-refractivity contribution >= 4 is 174 Å². The average Bonchev–Trinajstić information content (AvgIpc) is 1.59. The van der Waals surface area contributed by atoms with Crippen LogP contribution in [-0.4, -0.2) is 117 Å². The first-order valence-electron chi connectivity index (χ1n) is 41.1. The number of amides is 1. The summed E-state index contributed by atoms with van der Waals surface area (Å²) in [5.41, 5.74) is 28.9. The number of pyridine rings is 4. The topological polar surface area (TPSA) is 383 Å². The Morgan fingerprint density at radius 3 is 1.11 bits per heavy atom. The molecule has 25 nitrogen and oxygen atoms in total. The van der Waals surface area contributed by atoms with Gasteiger partial charge in [0.05, 0.1) is 75.4 Å². The summed E-state index contributed by atoms with van der Waals surface area (Å²) in [4.78, 5) is 44.5. The summed E-state index contributed by atoms with van der Waals surface area (Å²) >= 11 is 27.1. The standard InChI is InChI=1S/C27H20ClF2N3O3S.C23H16ClF2N3O2.C21H15BrF2N2O3S.C20H14ClF2N3O.C6H7BClNO2.C3H4O2/c1-15-3-6-19(7-4-15)37(34,35)33-14-22(20-11-18(29)12-24(30)26(20)36-2)21-9-17(13-32-27(21)33)16-5-8-23(28)25(31)10-16;1-3-21(30)29-20-7-12(4-5-18(20)24)13-6-16-17(11-28-23(16)27-10-13)15-8-14(25)9-19(26)22(15)31-2;1-12-3-5-15(6-4-12)30(27,28)26-11-18(17-7-13(22)10-25-21(17)26)16-8-14(23)9-19(24)20(16)29-2;1-27-19-13(6-12(22)7-17(19)23)15-9-26-20-14(15)4-11(8-25-20)10-2-3-16(21)18(24)5-10;8-5-2-1-4(7(10)11)3-6(5)9;1-2-3(4)5/h3-14H,31H2,1-2H3;3-11H,1H2,2H3,(H,27,28)(H,29,30);3-11H,1-2H3;2-9H,24H2,1H3,(H,25,26);1-3,10-11H,9H2;2H,1H2,(H,4,5). The van der Waals surface area contributed by atoms with E-state index in [9.17, 15) is 61.5 Å². The second kappa shape index (κ2) is 44.0. The number of ether oxygens (including phenoxy) is 4. The number of aromatic amines is 2. The lowest BCUT2D eigenvalue weighted by Gasteiger charge is -2.10. The maximum Gasteiger partial charge on any atom is 0.488 e. The summed E-state index contributed by atoms with van der Waals surface area (Å²) in [7, 11) is -4.43. The molecule has 0 aliphatic carbocycles. The molecule has 0 bridgehead atoms. The van der Waals surface area contributed by atoms with Crippen LogP contribution in [0.3, 0.4) is 0 Å². The number of nitrogens with one attached hydrogen (secondary N) is 3. The van der Waals surface area contributed by atoms with E-state index in [0.717, 1.165) is 77.7 Å². The number of hydrogen-bond donors (Lipinski definition) is 9. The number of aryl methyl sites for hydroxylation is 2. The van der Waals surface area contributed by atoms with Gasteiger partial charge in [-0.25, -0.2) is 84.6 Å². The predicted octanol–water partition coefficient (Wildman–Crippen LogP) is 23.0. The van der Waals surface area contributed by atoms with Crippen LogP contribution in [0, 0.1) is 60.4 Å². The number of halogens is 13. The number of nitrogen functional groups attached to an aromatic ring is 3. The van der Waals surface area contributed by atoms with Gasteiger partial charge in [0.2, 0.25) is 5.91 Å². The summed E-state index contributed by atoms with van der Waals surface area (Å²) in [6, 6.07) is 47.3. The third-order valence-corrected chi connectivity index (χ3v) is 26.4. The lowest BCUT2D eigenvalue weighted by molar-refractivity contribution is -0.131. The van der Waals surface area contributed by atoms with Crippen LogP contribution >= 0.6 is 62.3 Å². The number of carbonyl (C=O) groups excluding carboxylic acids is 1. The van der Waals surface area contributed by atoms with Gasteiger partial charge >= 0.3 is 13.1 Å². The van der Waals surface area contributed by atoms with Crippen LogP contribution in [0.15, 0.2) is 283 Å². The molecule has 1 amide bonds. The number of aromatic nitrogens is 8. The molecule has 18 aromatic rings. The van der Waals surface area contributed by atoms with E-state index < -0.39 is 79.7 Å². The molecular weight excluding hydrogens is 2030 g/mol. The van der Waals surface area contributed by atoms with E-state index in [0.29, 0.717) is 126 Å². The minimum absolute atomic E-state index is 0.0292. The van der Waals surface area contributed by atoms with Gasteiger partial charge in [-0.1, -0.05) is 119 Å². The predicted molar refractivity (Wildman–Crippen MR) is 537 cm³/mol. The van der Waals surface area contributed by atoms with Crippen molar-refractivity contribution in [1.29, 1.82) is 0 Å². The number of fused-ring (bicyclic) bond motifs is 4. The molecule has 10 aromatic carbocycles. The van der Waals surface area contributed by atoms with Gasteiger partial charge < -0.3 is 66.6 Å². The maximum atomic E-state index is 14.6. The number of rotatable bonds is 19. The van der Waals surface area contributed by atoms with Gasteiger partial charge in [0.25, 0.3) is 20.0 Å². The first-order valence-corrected chi connectivity index (χ1v) is 46.3. The zero-order chi connectivity index (χ0) is 102. The lowest BCUT2D eigenvalue weighted by atomic mass is 9.80. The van der Waals surface area contributed by atoms with Gasteiger partial charge in [0.15, 0.2) is 57.6 Å². The Hall–Kier alpha value is -15.1. The normalized spacial score (nSPS) is 11.1. The molecule has 0 spiro atoms. The maximum absolute atomic E-state index is 14.6. The highest BCUT2D eigenvalue weighted by Gasteiger charge is 2.30. The molecule has 0 saturated heterocycles. The number of carbonyl (C=O) groups is 2. The number of anilines is 4. The minimum atomic E-state index is -4.11. The summed E-state index contributed by atoms with van der Waals surface area (Å²) in [6.07, 6.45) is 14.1. The van der Waals surface area contributed by atoms with Crippen molar-refractivity contribution in [3.63, 3.8) is 0 Å². The van der Waals surface area contributed by atoms with Crippen molar-refractivity contribution in [3.8, 4) is 101 Å². The van der Waals surface area contributed by atoms with Crippen molar-refractivity contribution in [1.82, 2.24) is 37.8 Å². The van der Waals surface area contributed by atoms with Crippen LogP contribution in [0.5, 0.6) is 23.0 Å². The third kappa shape index (κ3) is 22.9. The monoisotopic (exact) mass is 2100 g/mol. The summed E-state index contributed by atoms with van der Waals surface area (Å²) in [5, 5.41) is 31.4. The molecule has 8 heterocycles. The number of H-pyrrole nitrogens is 2. The average molecular weight is 2100 g/mol. The molecule has 12 N–H and O–H groups in total. The highest BCUT2D eigenvalue weighted by atomic mass is 79.9. The molecule has 0 radical (unpaired) electrons. The SMILES string of the molecule is C=CC(=O)Nc1cc(-c2cnc3[nH]cc(-c4cc(F)cc(F)c4OC)c3c2)ccc1Cl.C=CC(=O)O.COc1c(F)cc(F)cc1-c1c[nH]c2ncc(-c3ccc(Cl)c(N)c3)cc12.COc1c(F)cc(F)cc1-c1cn(S(=O)(=O)c2ccc(C)cc2)c2ncc(-c3ccc(Cl)c(N)c3)cc12.COc1c(F)cc(F)cc1-c1cn(S(=O)(=O)c2ccc(C)cc2)c2ncc(Br)cc12.Nc1cc(B(O)O)ccc1Cl. The molecule has 720 valence electrons. The Morgan fingerprint density at radius 1 is 0.426 bits per heavy atom. The van der Waals surface area contributed by atoms with Crippen molar-refractivity contribution in [2.75, 3.05) is 51.0 Å². The number of carboxylic acid groups (broad SMARTS) is 1. The van der Waals surface area contributed by atoms with Gasteiger partial charge in [0, 0.05) is 173 Å². The van der Waals surface area contributed by atoms with Crippen LogP contribution in [0.25, 0.3) is 122 Å². The zero-order valence-corrected chi connectivity index (χ0v) is 80.6. The molecule has 8 aromatic heterocycles. The van der Waals surface area contributed by atoms with Crippen LogP contribution in [0.2, 0.25) is 20.1 Å². The van der Waals surface area contributed by atoms with Gasteiger partial charge in [-0.3, -0.25) is 4.79 Å². The second-order valence-electron chi connectivity index (χ2n) is 30.5. The smallest absolute Gasteiger partial charge is 0.488 e. The zero-order valence-electron chi connectivity index (χ0n) is 74.3. The molecular formula is C100H76BBrCl4F8N12O13S2. The van der Waals surface area contributed by atoms with E-state index in [1.54, 1.807) is 110 Å². The number of nitrogens with two attached hydrogens (primary N) is 3. The highest BCUT2D eigenvalue weighted by molar-refractivity contribution is 9.10. The quantitative estimate of drug-likeness (QED) is 0.0157. The Balaban J connectivity index is 0.000000151. The van der Waals surface area contributed by atoms with E-state index in [-0.39, 0.29) is 77.8 Å². The van der Waals surface area contributed by atoms with Crippen molar-refractivity contribution in [3.05, 3.63) is 351 Å². The molecule has 0 unspecified atom stereocenters. The molecule has 41 heteroatoms. The first-order chi connectivity index (χ1) is 67.1. The van der Waals surface area contributed by atoms with Crippen LogP contribution in [0.1, 0.15) is 11.1 Å². The Labute approximate surface area is 828 Å². The molecule has 141 heavy (non-hydrogen) atoms. The number of hydrogen-bond acceptors (Lipinski definition) is 19. The van der Waals surface area contributed by atoms with Crippen molar-refractivity contribution in [2.45, 2.75) is 23.6 Å².